The van der Waals surface area contributed by atoms with Gasteiger partial charge in [0.1, 0.15) is 0 Å². The van der Waals surface area contributed by atoms with Crippen LogP contribution >= 0.6 is 11.6 Å². The van der Waals surface area contributed by atoms with Crippen molar-refractivity contribution in [3.63, 3.8) is 0 Å². The lowest BCUT2D eigenvalue weighted by atomic mass is 10.1. The first-order chi connectivity index (χ1) is 13.3. The Morgan fingerprint density at radius 1 is 1.04 bits per heavy atom. The summed E-state index contributed by atoms with van der Waals surface area (Å²) < 4.78 is 11.4. The molecule has 28 heavy (non-hydrogen) atoms. The maximum absolute atomic E-state index is 12.0. The molecule has 0 spiro atoms. The smallest absolute Gasteiger partial charge is 0.258 e. The summed E-state index contributed by atoms with van der Waals surface area (Å²) in [5.41, 5.74) is 0.664. The lowest BCUT2D eigenvalue weighted by Gasteiger charge is -2.21. The number of amides is 1. The van der Waals surface area contributed by atoms with Crippen LogP contribution in [0.4, 0.5) is 0 Å². The average molecular weight is 413 g/mol. The van der Waals surface area contributed by atoms with Crippen LogP contribution < -0.4 is 20.1 Å². The number of halogens is 1. The molecule has 0 bridgehead atoms. The summed E-state index contributed by atoms with van der Waals surface area (Å²) in [7, 11) is 0. The van der Waals surface area contributed by atoms with Gasteiger partial charge in [0, 0.05) is 23.2 Å². The summed E-state index contributed by atoms with van der Waals surface area (Å²) in [6, 6.07) is 3.63. The van der Waals surface area contributed by atoms with Crippen LogP contribution in [0.15, 0.2) is 12.1 Å². The van der Waals surface area contributed by atoms with Crippen molar-refractivity contribution < 1.29 is 14.3 Å². The molecule has 1 rings (SSSR count). The molecule has 0 radical (unpaired) electrons. The predicted octanol–water partition coefficient (Wildman–Crippen LogP) is 5.09. The molecule has 1 amide bonds. The Kier molecular flexibility index (Phi) is 11.3. The minimum atomic E-state index is -0.299. The highest BCUT2D eigenvalue weighted by atomic mass is 35.5. The number of hydrogen-bond acceptors (Lipinski definition) is 4. The lowest BCUT2D eigenvalue weighted by molar-refractivity contribution is -0.124. The zero-order chi connectivity index (χ0) is 21.0. The van der Waals surface area contributed by atoms with E-state index in [1.165, 1.54) is 32.1 Å². The standard InChI is InChI=1S/C22H37ClN2O3/c1-6-8-9-10-11-12-24-15-17-13-19(27-7-2)20(14-18(17)23)28-16-21(26)25-22(3,4)5/h13-14,24H,6-12,15-16H2,1-5H3,(H,25,26). The Morgan fingerprint density at radius 3 is 2.36 bits per heavy atom. The van der Waals surface area contributed by atoms with Crippen LogP contribution in [0.25, 0.3) is 0 Å². The zero-order valence-electron chi connectivity index (χ0n) is 18.1. The molecule has 2 N–H and O–H groups in total. The van der Waals surface area contributed by atoms with Crippen molar-refractivity contribution in [3.8, 4) is 11.5 Å². The van der Waals surface area contributed by atoms with Crippen molar-refractivity contribution in [2.75, 3.05) is 19.8 Å². The van der Waals surface area contributed by atoms with E-state index < -0.39 is 0 Å². The third-order valence-electron chi connectivity index (χ3n) is 4.06. The van der Waals surface area contributed by atoms with E-state index in [4.69, 9.17) is 21.1 Å². The average Bonchev–Trinajstić information content (AvgIpc) is 2.60. The summed E-state index contributed by atoms with van der Waals surface area (Å²) >= 11 is 6.43. The van der Waals surface area contributed by atoms with Crippen molar-refractivity contribution in [3.05, 3.63) is 22.7 Å². The minimum Gasteiger partial charge on any atom is -0.490 e. The zero-order valence-corrected chi connectivity index (χ0v) is 18.9. The molecule has 0 atom stereocenters. The number of rotatable bonds is 13. The molecular formula is C22H37ClN2O3. The predicted molar refractivity (Wildman–Crippen MR) is 116 cm³/mol. The largest absolute Gasteiger partial charge is 0.490 e. The van der Waals surface area contributed by atoms with Crippen molar-refractivity contribution in [1.82, 2.24) is 10.6 Å². The monoisotopic (exact) mass is 412 g/mol. The highest BCUT2D eigenvalue weighted by Crippen LogP contribution is 2.33. The van der Waals surface area contributed by atoms with E-state index in [0.29, 0.717) is 29.7 Å². The lowest BCUT2D eigenvalue weighted by Crippen LogP contribution is -2.43. The Balaban J connectivity index is 2.62. The van der Waals surface area contributed by atoms with Gasteiger partial charge in [-0.2, -0.15) is 0 Å². The van der Waals surface area contributed by atoms with E-state index in [2.05, 4.69) is 17.6 Å². The molecule has 6 heteroatoms. The minimum absolute atomic E-state index is 0.0803. The SMILES string of the molecule is CCCCCCCNCc1cc(OCC)c(OCC(=O)NC(C)(C)C)cc1Cl. The highest BCUT2D eigenvalue weighted by molar-refractivity contribution is 6.31. The fourth-order valence-electron chi connectivity index (χ4n) is 2.77. The molecule has 0 unspecified atom stereocenters. The van der Waals surface area contributed by atoms with Gasteiger partial charge in [-0.1, -0.05) is 44.2 Å². The summed E-state index contributed by atoms with van der Waals surface area (Å²) in [4.78, 5) is 12.0. The number of hydrogen-bond donors (Lipinski definition) is 2. The van der Waals surface area contributed by atoms with E-state index in [1.54, 1.807) is 6.07 Å². The Labute approximate surface area is 175 Å². The summed E-state index contributed by atoms with van der Waals surface area (Å²) in [6.45, 7) is 12.0. The van der Waals surface area contributed by atoms with Crippen molar-refractivity contribution >= 4 is 17.5 Å². The number of carbonyl (C=O) groups is 1. The molecule has 0 aliphatic heterocycles. The number of carbonyl (C=O) groups excluding carboxylic acids is 1. The summed E-state index contributed by atoms with van der Waals surface area (Å²) in [6.07, 6.45) is 6.28. The molecular weight excluding hydrogens is 376 g/mol. The Bertz CT molecular complexity index is 600. The van der Waals surface area contributed by atoms with Crippen LogP contribution in [0, 0.1) is 0 Å². The number of unbranched alkanes of at least 4 members (excludes halogenated alkanes) is 4. The first-order valence-electron chi connectivity index (χ1n) is 10.4. The van der Waals surface area contributed by atoms with Gasteiger partial charge in [-0.05, 0) is 52.3 Å². The third-order valence-corrected chi connectivity index (χ3v) is 4.41. The summed E-state index contributed by atoms with van der Waals surface area (Å²) in [5, 5.41) is 6.92. The molecule has 0 aliphatic rings. The van der Waals surface area contributed by atoms with Gasteiger partial charge in [0.15, 0.2) is 18.1 Å². The molecule has 1 aromatic rings. The van der Waals surface area contributed by atoms with Crippen LogP contribution in [-0.2, 0) is 11.3 Å². The van der Waals surface area contributed by atoms with E-state index in [-0.39, 0.29) is 18.1 Å². The van der Waals surface area contributed by atoms with E-state index in [0.717, 1.165) is 12.1 Å². The molecule has 0 aromatic heterocycles. The molecule has 0 fully saturated rings. The van der Waals surface area contributed by atoms with Crippen molar-refractivity contribution in [1.29, 1.82) is 0 Å². The molecule has 0 saturated heterocycles. The van der Waals surface area contributed by atoms with E-state index >= 15 is 0 Å². The summed E-state index contributed by atoms with van der Waals surface area (Å²) in [5.74, 6) is 0.911. The first kappa shape index (κ1) is 24.6. The molecule has 160 valence electrons. The van der Waals surface area contributed by atoms with Gasteiger partial charge >= 0.3 is 0 Å². The van der Waals surface area contributed by atoms with Gasteiger partial charge in [0.05, 0.1) is 6.61 Å². The Morgan fingerprint density at radius 2 is 1.71 bits per heavy atom. The Hall–Kier alpha value is -1.46. The maximum Gasteiger partial charge on any atom is 0.258 e. The van der Waals surface area contributed by atoms with Gasteiger partial charge in [0.25, 0.3) is 5.91 Å². The van der Waals surface area contributed by atoms with Crippen LogP contribution in [0.2, 0.25) is 5.02 Å². The fraction of sp³-hybridized carbons (Fsp3) is 0.682. The second-order valence-corrected chi connectivity index (χ2v) is 8.41. The van der Waals surface area contributed by atoms with Gasteiger partial charge in [-0.15, -0.1) is 0 Å². The quantitative estimate of drug-likeness (QED) is 0.443. The normalized spacial score (nSPS) is 11.4. The maximum atomic E-state index is 12.0. The van der Waals surface area contributed by atoms with Crippen LogP contribution in [0.5, 0.6) is 11.5 Å². The topological polar surface area (TPSA) is 59.6 Å². The van der Waals surface area contributed by atoms with Crippen molar-refractivity contribution in [2.24, 2.45) is 0 Å². The van der Waals surface area contributed by atoms with Crippen LogP contribution in [0.1, 0.15) is 72.3 Å². The number of ether oxygens (including phenoxy) is 2. The highest BCUT2D eigenvalue weighted by Gasteiger charge is 2.16. The molecule has 0 aliphatic carbocycles. The molecule has 0 heterocycles. The van der Waals surface area contributed by atoms with Gasteiger partial charge in [-0.3, -0.25) is 4.79 Å². The third kappa shape index (κ3) is 10.2. The van der Waals surface area contributed by atoms with Gasteiger partial charge in [0.2, 0.25) is 0 Å². The fourth-order valence-corrected chi connectivity index (χ4v) is 2.99. The van der Waals surface area contributed by atoms with Crippen LogP contribution in [-0.4, -0.2) is 31.2 Å². The molecule has 1 aromatic carbocycles. The number of benzene rings is 1. The van der Waals surface area contributed by atoms with Crippen molar-refractivity contribution in [2.45, 2.75) is 78.8 Å². The van der Waals surface area contributed by atoms with E-state index in [1.807, 2.05) is 33.8 Å². The first-order valence-corrected chi connectivity index (χ1v) is 10.7. The molecule has 0 saturated carbocycles. The van der Waals surface area contributed by atoms with Crippen LogP contribution in [0.3, 0.4) is 0 Å². The second kappa shape index (κ2) is 12.9. The second-order valence-electron chi connectivity index (χ2n) is 8.00. The van der Waals surface area contributed by atoms with E-state index in [9.17, 15) is 4.79 Å². The van der Waals surface area contributed by atoms with Gasteiger partial charge < -0.3 is 20.1 Å². The van der Waals surface area contributed by atoms with Gasteiger partial charge in [-0.25, -0.2) is 0 Å². The number of nitrogens with one attached hydrogen (secondary N) is 2. The molecule has 5 nitrogen and oxygen atoms in total.